The fourth-order valence-electron chi connectivity index (χ4n) is 0.931. The molecule has 1 unspecified atom stereocenters. The predicted molar refractivity (Wildman–Crippen MR) is 46.6 cm³/mol. The lowest BCUT2D eigenvalue weighted by Crippen LogP contribution is -2.10. The second kappa shape index (κ2) is 3.46. The number of hydrogen-bond acceptors (Lipinski definition) is 0. The van der Waals surface area contributed by atoms with Crippen molar-refractivity contribution in [2.45, 2.75) is 27.2 Å². The van der Waals surface area contributed by atoms with Crippen LogP contribution in [0.15, 0.2) is 12.7 Å². The Morgan fingerprint density at radius 3 is 2.50 bits per heavy atom. The van der Waals surface area contributed by atoms with Crippen LogP contribution >= 0.6 is 0 Å². The summed E-state index contributed by atoms with van der Waals surface area (Å²) in [5.74, 6) is 3.06. The zero-order valence-electron chi connectivity index (χ0n) is 7.15. The fourth-order valence-corrected chi connectivity index (χ4v) is 0.931. The van der Waals surface area contributed by atoms with E-state index in [2.05, 4.69) is 33.3 Å². The van der Waals surface area contributed by atoms with Crippen LogP contribution in [0.2, 0.25) is 0 Å². The second-order valence-electron chi connectivity index (χ2n) is 3.46. The van der Waals surface area contributed by atoms with Crippen LogP contribution in [0, 0.1) is 23.7 Å². The number of allylic oxidation sites excluding steroid dienone is 1. The van der Waals surface area contributed by atoms with Crippen molar-refractivity contribution in [1.82, 2.24) is 0 Å². The lowest BCUT2D eigenvalue weighted by Gasteiger charge is -2.20. The highest BCUT2D eigenvalue weighted by Crippen LogP contribution is 2.25. The molecule has 0 aromatic heterocycles. The molecule has 0 radical (unpaired) electrons. The Labute approximate surface area is 64.3 Å². The Hall–Kier alpha value is -0.700. The molecular formula is C10H16. The van der Waals surface area contributed by atoms with Crippen molar-refractivity contribution in [3.8, 4) is 12.3 Å². The molecule has 10 heavy (non-hydrogen) atoms. The maximum atomic E-state index is 5.25. The van der Waals surface area contributed by atoms with Gasteiger partial charge in [0, 0.05) is 5.92 Å². The van der Waals surface area contributed by atoms with Crippen molar-refractivity contribution in [2.75, 3.05) is 0 Å². The Bertz CT molecular complexity index is 146. The third-order valence-electron chi connectivity index (χ3n) is 1.67. The van der Waals surface area contributed by atoms with E-state index in [4.69, 9.17) is 6.42 Å². The van der Waals surface area contributed by atoms with Crippen molar-refractivity contribution in [1.29, 1.82) is 0 Å². The molecular weight excluding hydrogens is 120 g/mol. The summed E-state index contributed by atoms with van der Waals surface area (Å²) in [5, 5.41) is 0. The molecule has 0 rings (SSSR count). The van der Waals surface area contributed by atoms with Gasteiger partial charge in [-0.2, -0.15) is 0 Å². The van der Waals surface area contributed by atoms with Crippen molar-refractivity contribution < 1.29 is 0 Å². The molecule has 0 saturated carbocycles. The minimum atomic E-state index is 0.186. The van der Waals surface area contributed by atoms with Gasteiger partial charge in [0.2, 0.25) is 0 Å². The quantitative estimate of drug-likeness (QED) is 0.413. The van der Waals surface area contributed by atoms with Gasteiger partial charge in [-0.3, -0.25) is 0 Å². The SMILES string of the molecule is C#CC(C)CC(C)(C)C=C. The zero-order chi connectivity index (χ0) is 8.20. The molecule has 0 aromatic rings. The van der Waals surface area contributed by atoms with Crippen LogP contribution in [0.1, 0.15) is 27.2 Å². The van der Waals surface area contributed by atoms with Crippen molar-refractivity contribution in [2.24, 2.45) is 11.3 Å². The molecule has 0 spiro atoms. The number of hydrogen-bond donors (Lipinski definition) is 0. The maximum Gasteiger partial charge on any atom is 0.0180 e. The summed E-state index contributed by atoms with van der Waals surface area (Å²) in [6, 6.07) is 0. The molecule has 0 heterocycles. The molecule has 0 aliphatic carbocycles. The summed E-state index contributed by atoms with van der Waals surface area (Å²) < 4.78 is 0. The van der Waals surface area contributed by atoms with Gasteiger partial charge in [0.1, 0.15) is 0 Å². The van der Waals surface area contributed by atoms with Crippen LogP contribution < -0.4 is 0 Å². The summed E-state index contributed by atoms with van der Waals surface area (Å²) >= 11 is 0. The van der Waals surface area contributed by atoms with Crippen molar-refractivity contribution in [3.63, 3.8) is 0 Å². The van der Waals surface area contributed by atoms with Gasteiger partial charge >= 0.3 is 0 Å². The number of rotatable bonds is 3. The molecule has 0 N–H and O–H groups in total. The van der Waals surface area contributed by atoms with Crippen LogP contribution in [0.3, 0.4) is 0 Å². The average molecular weight is 136 g/mol. The second-order valence-corrected chi connectivity index (χ2v) is 3.46. The first-order chi connectivity index (χ1) is 4.52. The monoisotopic (exact) mass is 136 g/mol. The van der Waals surface area contributed by atoms with Gasteiger partial charge in [-0.05, 0) is 11.8 Å². The van der Waals surface area contributed by atoms with Crippen LogP contribution in [0.4, 0.5) is 0 Å². The van der Waals surface area contributed by atoms with E-state index < -0.39 is 0 Å². The summed E-state index contributed by atoms with van der Waals surface area (Å²) in [6.07, 6.45) is 8.23. The third kappa shape index (κ3) is 3.35. The van der Waals surface area contributed by atoms with Gasteiger partial charge in [-0.15, -0.1) is 18.9 Å². The van der Waals surface area contributed by atoms with E-state index in [9.17, 15) is 0 Å². The maximum absolute atomic E-state index is 5.25. The normalized spacial score (nSPS) is 13.8. The standard InChI is InChI=1S/C10H16/c1-6-9(3)8-10(4,5)7-2/h1,7,9H,2,8H2,3-5H3. The molecule has 1 atom stereocenters. The Morgan fingerprint density at radius 2 is 2.20 bits per heavy atom. The van der Waals surface area contributed by atoms with Gasteiger partial charge in [0.15, 0.2) is 0 Å². The average Bonchev–Trinajstić information content (AvgIpc) is 1.87. The third-order valence-corrected chi connectivity index (χ3v) is 1.67. The van der Waals surface area contributed by atoms with E-state index >= 15 is 0 Å². The van der Waals surface area contributed by atoms with E-state index in [0.29, 0.717) is 5.92 Å². The molecule has 0 bridgehead atoms. The highest BCUT2D eigenvalue weighted by molar-refractivity contribution is 4.97. The highest BCUT2D eigenvalue weighted by Gasteiger charge is 2.15. The van der Waals surface area contributed by atoms with Crippen molar-refractivity contribution in [3.05, 3.63) is 12.7 Å². The Balaban J connectivity index is 3.90. The molecule has 0 saturated heterocycles. The minimum absolute atomic E-state index is 0.186. The molecule has 0 nitrogen and oxygen atoms in total. The first kappa shape index (κ1) is 9.30. The minimum Gasteiger partial charge on any atom is -0.120 e. The smallest absolute Gasteiger partial charge is 0.0180 e. The van der Waals surface area contributed by atoms with E-state index in [1.807, 2.05) is 6.08 Å². The summed E-state index contributed by atoms with van der Waals surface area (Å²) in [7, 11) is 0. The molecule has 0 aliphatic heterocycles. The van der Waals surface area contributed by atoms with E-state index in [1.54, 1.807) is 0 Å². The molecule has 0 fully saturated rings. The Morgan fingerprint density at radius 1 is 1.70 bits per heavy atom. The predicted octanol–water partition coefficient (Wildman–Crippen LogP) is 2.86. The summed E-state index contributed by atoms with van der Waals surface area (Å²) in [5.41, 5.74) is 0.186. The summed E-state index contributed by atoms with van der Waals surface area (Å²) in [4.78, 5) is 0. The van der Waals surface area contributed by atoms with Gasteiger partial charge in [0.05, 0.1) is 0 Å². The lowest BCUT2D eigenvalue weighted by atomic mass is 9.84. The van der Waals surface area contributed by atoms with Crippen LogP contribution in [0.5, 0.6) is 0 Å². The zero-order valence-corrected chi connectivity index (χ0v) is 7.15. The highest BCUT2D eigenvalue weighted by atomic mass is 14.2. The lowest BCUT2D eigenvalue weighted by molar-refractivity contribution is 0.394. The first-order valence-electron chi connectivity index (χ1n) is 3.61. The van der Waals surface area contributed by atoms with Crippen LogP contribution in [-0.4, -0.2) is 0 Å². The van der Waals surface area contributed by atoms with Gasteiger partial charge in [0.25, 0.3) is 0 Å². The van der Waals surface area contributed by atoms with E-state index in [0.717, 1.165) is 6.42 Å². The number of terminal acetylenes is 1. The first-order valence-corrected chi connectivity index (χ1v) is 3.61. The molecule has 0 aromatic carbocycles. The molecule has 0 aliphatic rings. The van der Waals surface area contributed by atoms with Crippen LogP contribution in [-0.2, 0) is 0 Å². The van der Waals surface area contributed by atoms with Gasteiger partial charge < -0.3 is 0 Å². The summed E-state index contributed by atoms with van der Waals surface area (Å²) in [6.45, 7) is 10.1. The van der Waals surface area contributed by atoms with E-state index in [-0.39, 0.29) is 5.41 Å². The fraction of sp³-hybridized carbons (Fsp3) is 0.600. The Kier molecular flexibility index (Phi) is 3.22. The van der Waals surface area contributed by atoms with Crippen LogP contribution in [0.25, 0.3) is 0 Å². The van der Waals surface area contributed by atoms with Crippen molar-refractivity contribution >= 4 is 0 Å². The van der Waals surface area contributed by atoms with E-state index in [1.165, 1.54) is 0 Å². The topological polar surface area (TPSA) is 0 Å². The van der Waals surface area contributed by atoms with Gasteiger partial charge in [-0.1, -0.05) is 26.8 Å². The molecule has 0 heteroatoms. The molecule has 56 valence electrons. The van der Waals surface area contributed by atoms with Gasteiger partial charge in [-0.25, -0.2) is 0 Å². The molecule has 0 amide bonds. The largest absolute Gasteiger partial charge is 0.120 e.